The molecule has 0 bridgehead atoms. The smallest absolute Gasteiger partial charge is 0.103 e. The quantitative estimate of drug-likeness (QED) is 0.929. The molecule has 20 heavy (non-hydrogen) atoms. The molecule has 0 spiro atoms. The first-order chi connectivity index (χ1) is 9.70. The maximum Gasteiger partial charge on any atom is 0.103 e. The van der Waals surface area contributed by atoms with E-state index in [1.807, 2.05) is 4.68 Å². The third kappa shape index (κ3) is 2.24. The van der Waals surface area contributed by atoms with Gasteiger partial charge in [0.1, 0.15) is 5.69 Å². The number of nitrogens with one attached hydrogen (secondary N) is 1. The Labute approximate surface area is 120 Å². The van der Waals surface area contributed by atoms with Crippen LogP contribution < -0.4 is 5.32 Å². The van der Waals surface area contributed by atoms with Gasteiger partial charge >= 0.3 is 0 Å². The Bertz CT molecular complexity index is 615. The van der Waals surface area contributed by atoms with Crippen LogP contribution in [0.25, 0.3) is 5.69 Å². The first kappa shape index (κ1) is 13.3. The van der Waals surface area contributed by atoms with Crippen LogP contribution in [0.4, 0.5) is 0 Å². The molecule has 1 atom stereocenters. The number of hydrogen-bond acceptors (Lipinski definition) is 3. The van der Waals surface area contributed by atoms with Gasteiger partial charge in [-0.15, -0.1) is 5.10 Å². The fraction of sp³-hybridized carbons (Fsp3) is 0.500. The molecule has 1 heterocycles. The highest BCUT2D eigenvalue weighted by Gasteiger charge is 2.17. The summed E-state index contributed by atoms with van der Waals surface area (Å²) in [7, 11) is 0. The summed E-state index contributed by atoms with van der Waals surface area (Å²) >= 11 is 0. The molecular weight excluding hydrogens is 248 g/mol. The molecule has 0 amide bonds. The summed E-state index contributed by atoms with van der Waals surface area (Å²) in [6.07, 6.45) is 3.68. The number of hydrogen-bond donors (Lipinski definition) is 1. The Morgan fingerprint density at radius 2 is 2.10 bits per heavy atom. The van der Waals surface area contributed by atoms with Crippen molar-refractivity contribution in [2.75, 3.05) is 6.54 Å². The topological polar surface area (TPSA) is 42.7 Å². The second-order valence-electron chi connectivity index (χ2n) is 5.56. The Balaban J connectivity index is 1.95. The van der Waals surface area contributed by atoms with Gasteiger partial charge in [-0.05, 0) is 62.9 Å². The van der Waals surface area contributed by atoms with Crippen LogP contribution in [0, 0.1) is 6.92 Å². The average molecular weight is 270 g/mol. The molecule has 1 N–H and O–H groups in total. The van der Waals surface area contributed by atoms with E-state index in [-0.39, 0.29) is 6.04 Å². The summed E-state index contributed by atoms with van der Waals surface area (Å²) in [6, 6.07) is 6.91. The van der Waals surface area contributed by atoms with Gasteiger partial charge in [0.05, 0.1) is 17.4 Å². The van der Waals surface area contributed by atoms with Crippen molar-refractivity contribution < 1.29 is 0 Å². The highest BCUT2D eigenvalue weighted by atomic mass is 15.4. The van der Waals surface area contributed by atoms with Crippen LogP contribution in [0.2, 0.25) is 0 Å². The summed E-state index contributed by atoms with van der Waals surface area (Å²) in [5.74, 6) is 0. The number of benzene rings is 1. The molecule has 0 radical (unpaired) electrons. The number of nitrogens with zero attached hydrogens (tertiary/aromatic N) is 3. The van der Waals surface area contributed by atoms with E-state index in [1.165, 1.54) is 30.4 Å². The first-order valence-corrected chi connectivity index (χ1v) is 7.48. The van der Waals surface area contributed by atoms with Gasteiger partial charge in [-0.1, -0.05) is 18.2 Å². The number of rotatable bonds is 4. The molecule has 0 aliphatic heterocycles. The van der Waals surface area contributed by atoms with Crippen molar-refractivity contribution in [2.24, 2.45) is 0 Å². The molecule has 0 saturated carbocycles. The predicted octanol–water partition coefficient (Wildman–Crippen LogP) is 2.73. The lowest BCUT2D eigenvalue weighted by Crippen LogP contribution is -2.19. The predicted molar refractivity (Wildman–Crippen MR) is 80.2 cm³/mol. The van der Waals surface area contributed by atoms with Crippen molar-refractivity contribution in [2.45, 2.75) is 46.1 Å². The molecule has 3 rings (SSSR count). The third-order valence-electron chi connectivity index (χ3n) is 4.18. The monoisotopic (exact) mass is 270 g/mol. The van der Waals surface area contributed by atoms with Gasteiger partial charge in [0.2, 0.25) is 0 Å². The van der Waals surface area contributed by atoms with Crippen molar-refractivity contribution in [1.82, 2.24) is 20.3 Å². The van der Waals surface area contributed by atoms with Crippen molar-refractivity contribution in [1.29, 1.82) is 0 Å². The molecule has 0 saturated heterocycles. The number of fused-ring (bicyclic) bond motifs is 1. The zero-order valence-electron chi connectivity index (χ0n) is 12.5. The SMILES string of the molecule is CCNC(C)c1nnn(-c2ccc3c(c2)CCC3)c1C. The molecule has 4 nitrogen and oxygen atoms in total. The van der Waals surface area contributed by atoms with Gasteiger partial charge < -0.3 is 5.32 Å². The number of aromatic nitrogens is 3. The van der Waals surface area contributed by atoms with Crippen LogP contribution in [-0.4, -0.2) is 21.5 Å². The average Bonchev–Trinajstić information content (AvgIpc) is 3.04. The number of aryl methyl sites for hydroxylation is 2. The molecule has 106 valence electrons. The molecule has 0 fully saturated rings. The molecule has 1 aliphatic rings. The first-order valence-electron chi connectivity index (χ1n) is 7.48. The van der Waals surface area contributed by atoms with E-state index in [4.69, 9.17) is 0 Å². The van der Waals surface area contributed by atoms with Gasteiger partial charge in [0, 0.05) is 0 Å². The third-order valence-corrected chi connectivity index (χ3v) is 4.18. The lowest BCUT2D eigenvalue weighted by Gasteiger charge is -2.11. The van der Waals surface area contributed by atoms with Crippen LogP contribution >= 0.6 is 0 Å². The highest BCUT2D eigenvalue weighted by Crippen LogP contribution is 2.25. The van der Waals surface area contributed by atoms with Crippen molar-refractivity contribution >= 4 is 0 Å². The maximum absolute atomic E-state index is 4.35. The van der Waals surface area contributed by atoms with Gasteiger partial charge in [0.25, 0.3) is 0 Å². The molecule has 1 unspecified atom stereocenters. The second-order valence-corrected chi connectivity index (χ2v) is 5.56. The maximum atomic E-state index is 4.35. The normalized spacial score (nSPS) is 15.3. The fourth-order valence-corrected chi connectivity index (χ4v) is 3.08. The lowest BCUT2D eigenvalue weighted by atomic mass is 10.1. The van der Waals surface area contributed by atoms with Crippen LogP contribution in [0.5, 0.6) is 0 Å². The van der Waals surface area contributed by atoms with Crippen molar-refractivity contribution in [3.8, 4) is 5.69 Å². The molecule has 4 heteroatoms. The minimum Gasteiger partial charge on any atom is -0.309 e. The highest BCUT2D eigenvalue weighted by molar-refractivity contribution is 5.43. The molecule has 2 aromatic rings. The van der Waals surface area contributed by atoms with Gasteiger partial charge in [-0.25, -0.2) is 4.68 Å². The fourth-order valence-electron chi connectivity index (χ4n) is 3.08. The van der Waals surface area contributed by atoms with Gasteiger partial charge in [0.15, 0.2) is 0 Å². The van der Waals surface area contributed by atoms with Gasteiger partial charge in [-0.3, -0.25) is 0 Å². The summed E-state index contributed by atoms with van der Waals surface area (Å²) in [4.78, 5) is 0. The van der Waals surface area contributed by atoms with E-state index in [0.717, 1.165) is 23.6 Å². The summed E-state index contributed by atoms with van der Waals surface area (Å²) in [5, 5.41) is 12.1. The molecular formula is C16H22N4. The zero-order chi connectivity index (χ0) is 14.1. The van der Waals surface area contributed by atoms with E-state index in [9.17, 15) is 0 Å². The van der Waals surface area contributed by atoms with E-state index in [1.54, 1.807) is 0 Å². The van der Waals surface area contributed by atoms with Gasteiger partial charge in [-0.2, -0.15) is 0 Å². The summed E-state index contributed by atoms with van der Waals surface area (Å²) < 4.78 is 1.96. The minimum absolute atomic E-state index is 0.239. The standard InChI is InChI=1S/C16H22N4/c1-4-17-11(2)16-12(3)20(19-18-16)15-9-8-13-6-5-7-14(13)10-15/h8-11,17H,4-7H2,1-3H3. The van der Waals surface area contributed by atoms with Crippen LogP contribution in [-0.2, 0) is 12.8 Å². The van der Waals surface area contributed by atoms with E-state index in [0.29, 0.717) is 0 Å². The van der Waals surface area contributed by atoms with E-state index >= 15 is 0 Å². The minimum atomic E-state index is 0.239. The summed E-state index contributed by atoms with van der Waals surface area (Å²) in [5.41, 5.74) is 6.25. The van der Waals surface area contributed by atoms with E-state index < -0.39 is 0 Å². The second kappa shape index (κ2) is 5.37. The Kier molecular flexibility index (Phi) is 3.57. The Hall–Kier alpha value is -1.68. The Morgan fingerprint density at radius 3 is 2.90 bits per heavy atom. The Morgan fingerprint density at radius 1 is 1.30 bits per heavy atom. The van der Waals surface area contributed by atoms with Crippen molar-refractivity contribution in [3.05, 3.63) is 40.7 Å². The lowest BCUT2D eigenvalue weighted by molar-refractivity contribution is 0.579. The molecule has 1 aromatic heterocycles. The van der Waals surface area contributed by atoms with Crippen molar-refractivity contribution in [3.63, 3.8) is 0 Å². The van der Waals surface area contributed by atoms with E-state index in [2.05, 4.69) is 54.6 Å². The van der Waals surface area contributed by atoms with Crippen LogP contribution in [0.1, 0.15) is 48.8 Å². The zero-order valence-corrected chi connectivity index (χ0v) is 12.5. The van der Waals surface area contributed by atoms with Crippen LogP contribution in [0.15, 0.2) is 18.2 Å². The van der Waals surface area contributed by atoms with Crippen LogP contribution in [0.3, 0.4) is 0 Å². The molecule has 1 aromatic carbocycles. The summed E-state index contributed by atoms with van der Waals surface area (Å²) in [6.45, 7) is 7.27. The molecule has 1 aliphatic carbocycles. The largest absolute Gasteiger partial charge is 0.309 e.